The van der Waals surface area contributed by atoms with Gasteiger partial charge in [-0.15, -0.1) is 11.3 Å². The molecule has 0 bridgehead atoms. The van der Waals surface area contributed by atoms with Crippen LogP contribution < -0.4 is 11.1 Å². The van der Waals surface area contributed by atoms with Crippen LogP contribution in [0.2, 0.25) is 0 Å². The van der Waals surface area contributed by atoms with E-state index in [0.29, 0.717) is 17.8 Å². The number of benzene rings is 1. The molecule has 3 N–H and O–H groups in total. The summed E-state index contributed by atoms with van der Waals surface area (Å²) in [5.74, 6) is -0.157. The SMILES string of the molecule is Cc1cnc(CNC(=O)c2cc(N)cc(Br)c2)s1. The Bertz CT molecular complexity index is 562. The molecule has 0 fully saturated rings. The fraction of sp³-hybridized carbons (Fsp3) is 0.167. The van der Waals surface area contributed by atoms with Crippen molar-refractivity contribution in [3.05, 3.63) is 44.3 Å². The Balaban J connectivity index is 2.03. The van der Waals surface area contributed by atoms with E-state index in [4.69, 9.17) is 5.73 Å². The summed E-state index contributed by atoms with van der Waals surface area (Å²) in [4.78, 5) is 17.2. The van der Waals surface area contributed by atoms with E-state index in [1.807, 2.05) is 6.92 Å². The van der Waals surface area contributed by atoms with Crippen molar-refractivity contribution < 1.29 is 4.79 Å². The molecule has 0 atom stereocenters. The van der Waals surface area contributed by atoms with E-state index in [2.05, 4.69) is 26.2 Å². The molecule has 1 aromatic carbocycles. The lowest BCUT2D eigenvalue weighted by Gasteiger charge is -2.05. The number of hydrogen-bond donors (Lipinski definition) is 2. The first-order valence-electron chi connectivity index (χ1n) is 5.30. The Kier molecular flexibility index (Phi) is 3.98. The lowest BCUT2D eigenvalue weighted by atomic mass is 10.2. The van der Waals surface area contributed by atoms with E-state index in [1.54, 1.807) is 35.7 Å². The Labute approximate surface area is 117 Å². The van der Waals surface area contributed by atoms with Crippen LogP contribution in [0.1, 0.15) is 20.2 Å². The number of anilines is 1. The highest BCUT2D eigenvalue weighted by Gasteiger charge is 2.08. The van der Waals surface area contributed by atoms with Crippen LogP contribution in [0.15, 0.2) is 28.9 Å². The van der Waals surface area contributed by atoms with Gasteiger partial charge in [0.25, 0.3) is 5.91 Å². The van der Waals surface area contributed by atoms with Crippen molar-refractivity contribution >= 4 is 38.9 Å². The summed E-state index contributed by atoms with van der Waals surface area (Å²) in [6.45, 7) is 2.42. The van der Waals surface area contributed by atoms with Gasteiger partial charge in [-0.2, -0.15) is 0 Å². The predicted molar refractivity (Wildman–Crippen MR) is 76.6 cm³/mol. The number of carbonyl (C=O) groups is 1. The molecule has 18 heavy (non-hydrogen) atoms. The third kappa shape index (κ3) is 3.30. The summed E-state index contributed by atoms with van der Waals surface area (Å²) in [7, 11) is 0. The molecule has 2 aromatic rings. The minimum atomic E-state index is -0.157. The van der Waals surface area contributed by atoms with E-state index in [-0.39, 0.29) is 5.91 Å². The molecule has 94 valence electrons. The molecule has 0 aliphatic heterocycles. The van der Waals surface area contributed by atoms with Gasteiger partial charge >= 0.3 is 0 Å². The number of halogens is 1. The third-order valence-corrected chi connectivity index (χ3v) is 3.62. The zero-order valence-corrected chi connectivity index (χ0v) is 12.1. The maximum absolute atomic E-state index is 11.9. The number of amides is 1. The van der Waals surface area contributed by atoms with E-state index >= 15 is 0 Å². The first kappa shape index (κ1) is 13.0. The van der Waals surface area contributed by atoms with E-state index in [9.17, 15) is 4.79 Å². The maximum Gasteiger partial charge on any atom is 0.251 e. The van der Waals surface area contributed by atoms with Crippen LogP contribution >= 0.6 is 27.3 Å². The lowest BCUT2D eigenvalue weighted by molar-refractivity contribution is 0.0951. The van der Waals surface area contributed by atoms with Crippen LogP contribution in [-0.2, 0) is 6.54 Å². The number of aryl methyl sites for hydroxylation is 1. The monoisotopic (exact) mass is 325 g/mol. The van der Waals surface area contributed by atoms with E-state index < -0.39 is 0 Å². The van der Waals surface area contributed by atoms with Crippen LogP contribution in [0.4, 0.5) is 5.69 Å². The average Bonchev–Trinajstić information content (AvgIpc) is 2.70. The van der Waals surface area contributed by atoms with Crippen LogP contribution in [0, 0.1) is 6.92 Å². The Morgan fingerprint density at radius 2 is 2.28 bits per heavy atom. The van der Waals surface area contributed by atoms with Crippen molar-refractivity contribution in [2.24, 2.45) is 0 Å². The summed E-state index contributed by atoms with van der Waals surface area (Å²) in [5, 5.41) is 3.71. The molecule has 0 spiro atoms. The number of nitrogens with zero attached hydrogens (tertiary/aromatic N) is 1. The fourth-order valence-corrected chi connectivity index (χ4v) is 2.72. The molecule has 0 saturated heterocycles. The summed E-state index contributed by atoms with van der Waals surface area (Å²) in [6.07, 6.45) is 1.79. The maximum atomic E-state index is 11.9. The minimum absolute atomic E-state index is 0.157. The largest absolute Gasteiger partial charge is 0.399 e. The van der Waals surface area contributed by atoms with Gasteiger partial charge in [0, 0.05) is 26.8 Å². The van der Waals surface area contributed by atoms with Gasteiger partial charge in [-0.3, -0.25) is 4.79 Å². The summed E-state index contributed by atoms with van der Waals surface area (Å²) >= 11 is 4.88. The number of thiazole rings is 1. The smallest absolute Gasteiger partial charge is 0.251 e. The number of hydrogen-bond acceptors (Lipinski definition) is 4. The molecular formula is C12H12BrN3OS. The van der Waals surface area contributed by atoms with Gasteiger partial charge in [0.05, 0.1) is 6.54 Å². The Hall–Kier alpha value is -1.40. The van der Waals surface area contributed by atoms with Crippen LogP contribution in [0.25, 0.3) is 0 Å². The molecule has 0 unspecified atom stereocenters. The Morgan fingerprint density at radius 1 is 1.50 bits per heavy atom. The van der Waals surface area contributed by atoms with Gasteiger partial charge in [-0.05, 0) is 25.1 Å². The molecule has 4 nitrogen and oxygen atoms in total. The van der Waals surface area contributed by atoms with Crippen molar-refractivity contribution in [2.45, 2.75) is 13.5 Å². The first-order chi connectivity index (χ1) is 8.54. The highest BCUT2D eigenvalue weighted by molar-refractivity contribution is 9.10. The quantitative estimate of drug-likeness (QED) is 0.852. The van der Waals surface area contributed by atoms with Crippen molar-refractivity contribution in [3.8, 4) is 0 Å². The molecule has 0 aliphatic rings. The summed E-state index contributed by atoms with van der Waals surface area (Å²) in [6, 6.07) is 5.13. The van der Waals surface area contributed by atoms with Gasteiger partial charge in [-0.1, -0.05) is 15.9 Å². The van der Waals surface area contributed by atoms with E-state index in [0.717, 1.165) is 14.4 Å². The lowest BCUT2D eigenvalue weighted by Crippen LogP contribution is -2.22. The van der Waals surface area contributed by atoms with Gasteiger partial charge in [-0.25, -0.2) is 4.98 Å². The van der Waals surface area contributed by atoms with Gasteiger partial charge < -0.3 is 11.1 Å². The fourth-order valence-electron chi connectivity index (χ4n) is 1.48. The normalized spacial score (nSPS) is 10.3. The summed E-state index contributed by atoms with van der Waals surface area (Å²) in [5.41, 5.74) is 6.78. The van der Waals surface area contributed by atoms with E-state index in [1.165, 1.54) is 0 Å². The molecule has 1 aromatic heterocycles. The standard InChI is InChI=1S/C12H12BrN3OS/c1-7-5-15-11(18-7)6-16-12(17)8-2-9(13)4-10(14)3-8/h2-5H,6,14H2,1H3,(H,16,17). The molecule has 0 saturated carbocycles. The number of carbonyl (C=O) groups excluding carboxylic acids is 1. The number of nitrogen functional groups attached to an aromatic ring is 1. The number of rotatable bonds is 3. The molecule has 0 radical (unpaired) electrons. The van der Waals surface area contributed by atoms with Crippen molar-refractivity contribution in [1.29, 1.82) is 0 Å². The second-order valence-corrected chi connectivity index (χ2v) is 6.06. The van der Waals surface area contributed by atoms with Crippen molar-refractivity contribution in [1.82, 2.24) is 10.3 Å². The van der Waals surface area contributed by atoms with Gasteiger partial charge in [0.15, 0.2) is 0 Å². The second-order valence-electron chi connectivity index (χ2n) is 3.82. The molecular weight excluding hydrogens is 314 g/mol. The highest BCUT2D eigenvalue weighted by Crippen LogP contribution is 2.17. The highest BCUT2D eigenvalue weighted by atomic mass is 79.9. The average molecular weight is 326 g/mol. The van der Waals surface area contributed by atoms with Crippen LogP contribution in [0.3, 0.4) is 0 Å². The molecule has 0 aliphatic carbocycles. The molecule has 1 heterocycles. The zero-order valence-electron chi connectivity index (χ0n) is 9.74. The molecule has 2 rings (SSSR count). The predicted octanol–water partition coefficient (Wildman–Crippen LogP) is 2.73. The van der Waals surface area contributed by atoms with Gasteiger partial charge in [0.2, 0.25) is 0 Å². The number of nitrogens with two attached hydrogens (primary N) is 1. The zero-order chi connectivity index (χ0) is 13.1. The molecule has 6 heteroatoms. The minimum Gasteiger partial charge on any atom is -0.399 e. The van der Waals surface area contributed by atoms with Crippen LogP contribution in [0.5, 0.6) is 0 Å². The summed E-state index contributed by atoms with van der Waals surface area (Å²) < 4.78 is 0.790. The Morgan fingerprint density at radius 3 is 2.89 bits per heavy atom. The topological polar surface area (TPSA) is 68.0 Å². The second kappa shape index (κ2) is 5.49. The van der Waals surface area contributed by atoms with Crippen molar-refractivity contribution in [3.63, 3.8) is 0 Å². The van der Waals surface area contributed by atoms with Crippen LogP contribution in [-0.4, -0.2) is 10.9 Å². The van der Waals surface area contributed by atoms with Gasteiger partial charge in [0.1, 0.15) is 5.01 Å². The molecule has 1 amide bonds. The first-order valence-corrected chi connectivity index (χ1v) is 6.91. The number of aromatic nitrogens is 1. The third-order valence-electron chi connectivity index (χ3n) is 2.25. The van der Waals surface area contributed by atoms with Crippen molar-refractivity contribution in [2.75, 3.05) is 5.73 Å². The number of nitrogens with one attached hydrogen (secondary N) is 1.